The molecule has 1 fully saturated rings. The highest BCUT2D eigenvalue weighted by atomic mass is 19.1. The number of hydrogen-bond donors (Lipinski definition) is 1. The first-order valence-corrected chi connectivity index (χ1v) is 9.09. The maximum atomic E-state index is 13.0. The number of hydrogen-bond acceptors (Lipinski definition) is 4. The summed E-state index contributed by atoms with van der Waals surface area (Å²) < 4.78 is 18.8. The van der Waals surface area contributed by atoms with Crippen molar-refractivity contribution < 1.29 is 13.9 Å². The first kappa shape index (κ1) is 19.7. The molecule has 1 aliphatic rings. The second kappa shape index (κ2) is 9.73. The minimum atomic E-state index is -0.273. The smallest absolute Gasteiger partial charge is 0.239 e. The van der Waals surface area contributed by atoms with Gasteiger partial charge in [-0.25, -0.2) is 4.39 Å². The quantitative estimate of drug-likeness (QED) is 0.779. The van der Waals surface area contributed by atoms with E-state index in [-0.39, 0.29) is 24.4 Å². The van der Waals surface area contributed by atoms with E-state index in [1.807, 2.05) is 11.8 Å². The van der Waals surface area contributed by atoms with Crippen molar-refractivity contribution in [3.05, 3.63) is 30.1 Å². The maximum Gasteiger partial charge on any atom is 0.239 e. The largest absolute Gasteiger partial charge is 0.374 e. The molecule has 25 heavy (non-hydrogen) atoms. The van der Waals surface area contributed by atoms with E-state index >= 15 is 0 Å². The van der Waals surface area contributed by atoms with Crippen LogP contribution in [0.1, 0.15) is 20.8 Å². The molecule has 1 N–H and O–H groups in total. The maximum absolute atomic E-state index is 13.0. The molecule has 1 unspecified atom stereocenters. The molecule has 0 aromatic heterocycles. The Hall–Kier alpha value is -1.66. The molecule has 1 aromatic carbocycles. The number of carbonyl (C=O) groups is 1. The van der Waals surface area contributed by atoms with Gasteiger partial charge in [0.2, 0.25) is 5.91 Å². The third kappa shape index (κ3) is 6.63. The zero-order chi connectivity index (χ0) is 18.2. The summed E-state index contributed by atoms with van der Waals surface area (Å²) in [5, 5.41) is 2.97. The van der Waals surface area contributed by atoms with Gasteiger partial charge in [-0.2, -0.15) is 0 Å². The number of likely N-dealkylation sites (N-methyl/N-ethyl adjacent to an activating group) is 1. The van der Waals surface area contributed by atoms with E-state index in [1.165, 1.54) is 12.1 Å². The van der Waals surface area contributed by atoms with Gasteiger partial charge in [0.25, 0.3) is 0 Å². The number of ether oxygens (including phenoxy) is 1. The Balaban J connectivity index is 1.78. The van der Waals surface area contributed by atoms with Crippen LogP contribution in [0.25, 0.3) is 0 Å². The molecule has 1 heterocycles. The van der Waals surface area contributed by atoms with Gasteiger partial charge in [-0.3, -0.25) is 9.69 Å². The summed E-state index contributed by atoms with van der Waals surface area (Å²) in [4.78, 5) is 16.6. The molecule has 0 saturated carbocycles. The third-order valence-corrected chi connectivity index (χ3v) is 4.28. The standard InChI is InChI=1S/C19H30FN3O2/c1-4-23(17-7-5-16(20)6-8-17)14-19(24)21-11-18-13-22(9-10-25-18)12-15(2)3/h5-8,15,18H,4,9-14H2,1-3H3,(H,21,24). The van der Waals surface area contributed by atoms with E-state index in [0.29, 0.717) is 25.6 Å². The van der Waals surface area contributed by atoms with Crippen LogP contribution >= 0.6 is 0 Å². The molecule has 5 nitrogen and oxygen atoms in total. The van der Waals surface area contributed by atoms with Crippen molar-refractivity contribution in [3.8, 4) is 0 Å². The van der Waals surface area contributed by atoms with E-state index in [4.69, 9.17) is 4.74 Å². The summed E-state index contributed by atoms with van der Waals surface area (Å²) >= 11 is 0. The Morgan fingerprint density at radius 3 is 2.76 bits per heavy atom. The van der Waals surface area contributed by atoms with E-state index in [1.54, 1.807) is 12.1 Å². The summed E-state index contributed by atoms with van der Waals surface area (Å²) in [5.41, 5.74) is 0.844. The van der Waals surface area contributed by atoms with Gasteiger partial charge >= 0.3 is 0 Å². The molecule has 0 aliphatic carbocycles. The van der Waals surface area contributed by atoms with E-state index in [2.05, 4.69) is 24.1 Å². The van der Waals surface area contributed by atoms with Crippen molar-refractivity contribution >= 4 is 11.6 Å². The minimum Gasteiger partial charge on any atom is -0.374 e. The fourth-order valence-electron chi connectivity index (χ4n) is 3.08. The number of anilines is 1. The Labute approximate surface area is 150 Å². The number of carbonyl (C=O) groups excluding carboxylic acids is 1. The molecule has 1 amide bonds. The van der Waals surface area contributed by atoms with Crippen molar-refractivity contribution in [2.24, 2.45) is 5.92 Å². The van der Waals surface area contributed by atoms with Gasteiger partial charge in [0, 0.05) is 38.4 Å². The number of benzene rings is 1. The molecule has 1 saturated heterocycles. The van der Waals surface area contributed by atoms with Crippen LogP contribution in [-0.4, -0.2) is 62.8 Å². The van der Waals surface area contributed by atoms with Crippen LogP contribution in [-0.2, 0) is 9.53 Å². The third-order valence-electron chi connectivity index (χ3n) is 4.28. The predicted octanol–water partition coefficient (Wildman–Crippen LogP) is 2.12. The van der Waals surface area contributed by atoms with Crippen LogP contribution in [0.4, 0.5) is 10.1 Å². The SMILES string of the molecule is CCN(CC(=O)NCC1CN(CC(C)C)CCO1)c1ccc(F)cc1. The molecular formula is C19H30FN3O2. The highest BCUT2D eigenvalue weighted by Gasteiger charge is 2.21. The first-order valence-electron chi connectivity index (χ1n) is 9.09. The van der Waals surface area contributed by atoms with Crippen LogP contribution in [0.2, 0.25) is 0 Å². The average molecular weight is 351 g/mol. The number of morpholine rings is 1. The van der Waals surface area contributed by atoms with Gasteiger partial charge in [-0.15, -0.1) is 0 Å². The van der Waals surface area contributed by atoms with Crippen LogP contribution in [0.15, 0.2) is 24.3 Å². The lowest BCUT2D eigenvalue weighted by Crippen LogP contribution is -2.49. The zero-order valence-corrected chi connectivity index (χ0v) is 15.5. The lowest BCUT2D eigenvalue weighted by Gasteiger charge is -2.34. The Bertz CT molecular complexity index is 536. The number of halogens is 1. The fraction of sp³-hybridized carbons (Fsp3) is 0.632. The molecule has 6 heteroatoms. The van der Waals surface area contributed by atoms with Crippen molar-refractivity contribution in [3.63, 3.8) is 0 Å². The van der Waals surface area contributed by atoms with Crippen molar-refractivity contribution in [1.29, 1.82) is 0 Å². The average Bonchev–Trinajstić information content (AvgIpc) is 2.58. The van der Waals surface area contributed by atoms with E-state index < -0.39 is 0 Å². The normalized spacial score (nSPS) is 18.4. The topological polar surface area (TPSA) is 44.8 Å². The molecule has 140 valence electrons. The van der Waals surface area contributed by atoms with Crippen LogP contribution < -0.4 is 10.2 Å². The predicted molar refractivity (Wildman–Crippen MR) is 98.3 cm³/mol. The Morgan fingerprint density at radius 1 is 1.40 bits per heavy atom. The summed E-state index contributed by atoms with van der Waals surface area (Å²) in [6.45, 7) is 11.4. The summed E-state index contributed by atoms with van der Waals surface area (Å²) in [6, 6.07) is 6.21. The van der Waals surface area contributed by atoms with E-state index in [0.717, 1.165) is 25.3 Å². The Kier molecular flexibility index (Phi) is 7.65. The summed E-state index contributed by atoms with van der Waals surface area (Å²) in [6.07, 6.45) is 0.0392. The molecule has 1 atom stereocenters. The second-order valence-electron chi connectivity index (χ2n) is 6.94. The summed E-state index contributed by atoms with van der Waals surface area (Å²) in [7, 11) is 0. The number of nitrogens with zero attached hydrogens (tertiary/aromatic N) is 2. The molecule has 1 aromatic rings. The fourth-order valence-corrected chi connectivity index (χ4v) is 3.08. The van der Waals surface area contributed by atoms with Crippen molar-refractivity contribution in [1.82, 2.24) is 10.2 Å². The first-order chi connectivity index (χ1) is 12.0. The molecule has 2 rings (SSSR count). The second-order valence-corrected chi connectivity index (χ2v) is 6.94. The Morgan fingerprint density at radius 2 is 2.12 bits per heavy atom. The number of rotatable bonds is 8. The van der Waals surface area contributed by atoms with Gasteiger partial charge in [0.1, 0.15) is 5.82 Å². The van der Waals surface area contributed by atoms with Crippen molar-refractivity contribution in [2.45, 2.75) is 26.9 Å². The number of nitrogens with one attached hydrogen (secondary N) is 1. The molecular weight excluding hydrogens is 321 g/mol. The zero-order valence-electron chi connectivity index (χ0n) is 15.5. The highest BCUT2D eigenvalue weighted by molar-refractivity contribution is 5.81. The van der Waals surface area contributed by atoms with Gasteiger partial charge in [-0.05, 0) is 37.1 Å². The molecule has 0 radical (unpaired) electrons. The van der Waals surface area contributed by atoms with E-state index in [9.17, 15) is 9.18 Å². The monoisotopic (exact) mass is 351 g/mol. The van der Waals surface area contributed by atoms with Crippen LogP contribution in [0, 0.1) is 11.7 Å². The lowest BCUT2D eigenvalue weighted by molar-refractivity contribution is -0.121. The lowest BCUT2D eigenvalue weighted by atomic mass is 10.2. The van der Waals surface area contributed by atoms with Gasteiger partial charge < -0.3 is 15.0 Å². The van der Waals surface area contributed by atoms with Gasteiger partial charge in [-0.1, -0.05) is 13.8 Å². The highest BCUT2D eigenvalue weighted by Crippen LogP contribution is 2.14. The molecule has 0 bridgehead atoms. The number of amides is 1. The van der Waals surface area contributed by atoms with Crippen molar-refractivity contribution in [2.75, 3.05) is 50.8 Å². The molecule has 0 spiro atoms. The molecule has 1 aliphatic heterocycles. The van der Waals surface area contributed by atoms with Crippen LogP contribution in [0.3, 0.4) is 0 Å². The minimum absolute atomic E-state index is 0.0392. The van der Waals surface area contributed by atoms with Gasteiger partial charge in [0.15, 0.2) is 0 Å². The summed E-state index contributed by atoms with van der Waals surface area (Å²) in [5.74, 6) is 0.308. The van der Waals surface area contributed by atoms with Gasteiger partial charge in [0.05, 0.1) is 19.3 Å². The van der Waals surface area contributed by atoms with Crippen LogP contribution in [0.5, 0.6) is 0 Å².